The summed E-state index contributed by atoms with van der Waals surface area (Å²) in [5.74, 6) is 5.51. The number of nitrogens with one attached hydrogen (secondary N) is 1. The molecule has 0 atom stereocenters. The minimum absolute atomic E-state index is 0.365. The van der Waals surface area contributed by atoms with Gasteiger partial charge in [-0.15, -0.1) is 0 Å². The highest BCUT2D eigenvalue weighted by molar-refractivity contribution is 5.88. The van der Waals surface area contributed by atoms with Crippen LogP contribution in [-0.2, 0) is 4.74 Å². The molecular formula is C12H18FN3O. The van der Waals surface area contributed by atoms with E-state index in [4.69, 9.17) is 10.6 Å². The maximum Gasteiger partial charge on any atom is 0.213 e. The Morgan fingerprint density at radius 1 is 1.41 bits per heavy atom. The van der Waals surface area contributed by atoms with Gasteiger partial charge in [-0.05, 0) is 19.1 Å². The Bertz CT molecular complexity index is 320. The van der Waals surface area contributed by atoms with Crippen LogP contribution in [0.5, 0.6) is 0 Å². The fourth-order valence-electron chi connectivity index (χ4n) is 0.822. The van der Waals surface area contributed by atoms with E-state index in [0.717, 1.165) is 0 Å². The highest BCUT2D eigenvalue weighted by Gasteiger charge is 1.89. The summed E-state index contributed by atoms with van der Waals surface area (Å²) in [6.45, 7) is 1.76. The second-order valence-electron chi connectivity index (χ2n) is 2.77. The number of allylic oxidation sites excluding steroid dienone is 4. The molecular weight excluding hydrogens is 221 g/mol. The second kappa shape index (κ2) is 12.2. The summed E-state index contributed by atoms with van der Waals surface area (Å²) in [6, 6.07) is 0. The Morgan fingerprint density at radius 2 is 2.18 bits per heavy atom. The smallest absolute Gasteiger partial charge is 0.213 e. The van der Waals surface area contributed by atoms with Crippen molar-refractivity contribution in [3.8, 4) is 0 Å². The van der Waals surface area contributed by atoms with Gasteiger partial charge in [0.25, 0.3) is 0 Å². The number of rotatable bonds is 7. The van der Waals surface area contributed by atoms with Crippen molar-refractivity contribution < 1.29 is 9.13 Å². The first-order valence-corrected chi connectivity index (χ1v) is 5.17. The fraction of sp³-hybridized carbons (Fsp3) is 0.250. The summed E-state index contributed by atoms with van der Waals surface area (Å²) in [6.07, 6.45) is 13.0. The first-order chi connectivity index (χ1) is 8.35. The van der Waals surface area contributed by atoms with Crippen LogP contribution in [0.4, 0.5) is 4.39 Å². The zero-order valence-electron chi connectivity index (χ0n) is 9.84. The first-order valence-electron chi connectivity index (χ1n) is 5.17. The van der Waals surface area contributed by atoms with Crippen molar-refractivity contribution in [3.63, 3.8) is 0 Å². The molecule has 17 heavy (non-hydrogen) atoms. The molecule has 94 valence electrons. The molecule has 0 heterocycles. The third kappa shape index (κ3) is 10.4. The topological polar surface area (TPSA) is 59.6 Å². The second-order valence-corrected chi connectivity index (χ2v) is 2.77. The van der Waals surface area contributed by atoms with Gasteiger partial charge < -0.3 is 10.2 Å². The molecule has 0 saturated heterocycles. The van der Waals surface area contributed by atoms with E-state index >= 15 is 0 Å². The molecule has 0 radical (unpaired) electrons. The monoisotopic (exact) mass is 239 g/mol. The van der Waals surface area contributed by atoms with E-state index in [1.165, 1.54) is 18.5 Å². The molecule has 0 amide bonds. The predicted molar refractivity (Wildman–Crippen MR) is 68.9 cm³/mol. The average molecular weight is 239 g/mol. The van der Waals surface area contributed by atoms with E-state index in [9.17, 15) is 4.39 Å². The summed E-state index contributed by atoms with van der Waals surface area (Å²) in [7, 11) is 0. The summed E-state index contributed by atoms with van der Waals surface area (Å²) < 4.78 is 17.0. The van der Waals surface area contributed by atoms with Crippen LogP contribution in [0.3, 0.4) is 0 Å². The lowest BCUT2D eigenvalue weighted by atomic mass is 10.4. The molecule has 0 bridgehead atoms. The molecule has 0 unspecified atom stereocenters. The molecule has 0 aromatic heterocycles. The predicted octanol–water partition coefficient (Wildman–Crippen LogP) is 1.99. The molecule has 0 saturated carbocycles. The standard InChI is InChI=1S/C12H18FN3O/c1-2-7-12(15-9-10-16-14)17-11-6-4-3-5-8-13/h2-7,9-10,16H,8,11,14H2,1H3/b5-3-,6-4-,7-2+,10-9+,15-12-. The van der Waals surface area contributed by atoms with Gasteiger partial charge in [0, 0.05) is 12.4 Å². The van der Waals surface area contributed by atoms with E-state index < -0.39 is 6.67 Å². The first kappa shape index (κ1) is 15.1. The number of hydrazine groups is 1. The maximum atomic E-state index is 11.7. The Balaban J connectivity index is 4.09. The van der Waals surface area contributed by atoms with Gasteiger partial charge in [-0.2, -0.15) is 0 Å². The van der Waals surface area contributed by atoms with Crippen LogP contribution >= 0.6 is 0 Å². The van der Waals surface area contributed by atoms with Crippen LogP contribution in [-0.4, -0.2) is 19.2 Å². The zero-order chi connectivity index (χ0) is 12.8. The van der Waals surface area contributed by atoms with Gasteiger partial charge in [0.15, 0.2) is 0 Å². The lowest BCUT2D eigenvalue weighted by molar-refractivity contribution is 0.353. The van der Waals surface area contributed by atoms with Crippen LogP contribution in [0.2, 0.25) is 0 Å². The normalized spacial score (nSPS) is 13.5. The highest BCUT2D eigenvalue weighted by atomic mass is 19.1. The fourth-order valence-corrected chi connectivity index (χ4v) is 0.822. The van der Waals surface area contributed by atoms with Crippen LogP contribution in [0.25, 0.3) is 0 Å². The van der Waals surface area contributed by atoms with E-state index in [1.807, 2.05) is 13.0 Å². The summed E-state index contributed by atoms with van der Waals surface area (Å²) >= 11 is 0. The van der Waals surface area contributed by atoms with Crippen molar-refractivity contribution in [3.05, 3.63) is 48.9 Å². The van der Waals surface area contributed by atoms with Gasteiger partial charge in [-0.1, -0.05) is 24.3 Å². The average Bonchev–Trinajstić information content (AvgIpc) is 2.34. The van der Waals surface area contributed by atoms with Crippen molar-refractivity contribution >= 4 is 5.90 Å². The Hall–Kier alpha value is -1.88. The molecule has 0 aromatic rings. The molecule has 0 aliphatic rings. The molecule has 0 fully saturated rings. The van der Waals surface area contributed by atoms with Crippen LogP contribution in [0.1, 0.15) is 6.92 Å². The van der Waals surface area contributed by atoms with Crippen LogP contribution in [0.15, 0.2) is 53.8 Å². The molecule has 0 spiro atoms. The van der Waals surface area contributed by atoms with Gasteiger partial charge in [-0.25, -0.2) is 9.38 Å². The largest absolute Gasteiger partial charge is 0.473 e. The quantitative estimate of drug-likeness (QED) is 0.235. The molecule has 0 aliphatic carbocycles. The number of alkyl halides is 1. The number of nitrogens with two attached hydrogens (primary N) is 1. The van der Waals surface area contributed by atoms with Crippen molar-refractivity contribution in [2.75, 3.05) is 13.3 Å². The highest BCUT2D eigenvalue weighted by Crippen LogP contribution is 1.89. The van der Waals surface area contributed by atoms with E-state index in [2.05, 4.69) is 10.4 Å². The summed E-state index contributed by atoms with van der Waals surface area (Å²) in [4.78, 5) is 4.01. The molecule has 5 heteroatoms. The number of aliphatic imine (C=N–C) groups is 1. The van der Waals surface area contributed by atoms with E-state index in [1.54, 1.807) is 24.3 Å². The number of ether oxygens (including phenoxy) is 1. The van der Waals surface area contributed by atoms with Gasteiger partial charge in [-0.3, -0.25) is 5.84 Å². The maximum absolute atomic E-state index is 11.7. The van der Waals surface area contributed by atoms with E-state index in [0.29, 0.717) is 12.5 Å². The van der Waals surface area contributed by atoms with Crippen molar-refractivity contribution in [2.45, 2.75) is 6.92 Å². The van der Waals surface area contributed by atoms with Crippen molar-refractivity contribution in [1.29, 1.82) is 0 Å². The van der Waals surface area contributed by atoms with Gasteiger partial charge >= 0.3 is 0 Å². The van der Waals surface area contributed by atoms with Crippen molar-refractivity contribution in [2.24, 2.45) is 10.8 Å². The summed E-state index contributed by atoms with van der Waals surface area (Å²) in [5, 5.41) is 0. The molecule has 3 N–H and O–H groups in total. The van der Waals surface area contributed by atoms with Gasteiger partial charge in [0.2, 0.25) is 5.90 Å². The Kier molecular flexibility index (Phi) is 10.8. The molecule has 0 aliphatic heterocycles. The number of nitrogens with zero attached hydrogens (tertiary/aromatic N) is 1. The molecule has 0 aromatic carbocycles. The third-order valence-electron chi connectivity index (χ3n) is 1.48. The Morgan fingerprint density at radius 3 is 2.82 bits per heavy atom. The SMILES string of the molecule is C/C=C/C(=N/C=C/NN)OC/C=C\C=C/CF. The van der Waals surface area contributed by atoms with Crippen LogP contribution in [0, 0.1) is 0 Å². The Labute approximate surface area is 101 Å². The van der Waals surface area contributed by atoms with Crippen LogP contribution < -0.4 is 11.3 Å². The third-order valence-corrected chi connectivity index (χ3v) is 1.48. The number of hydrogen-bond acceptors (Lipinski definition) is 4. The molecule has 0 rings (SSSR count). The van der Waals surface area contributed by atoms with Gasteiger partial charge in [0.1, 0.15) is 13.3 Å². The number of hydrogen-bond donors (Lipinski definition) is 2. The number of halogens is 1. The minimum Gasteiger partial charge on any atom is -0.473 e. The minimum atomic E-state index is -0.465. The van der Waals surface area contributed by atoms with E-state index in [-0.39, 0.29) is 0 Å². The lowest BCUT2D eigenvalue weighted by Crippen LogP contribution is -2.12. The summed E-state index contributed by atoms with van der Waals surface area (Å²) in [5.41, 5.74) is 2.33. The zero-order valence-corrected chi connectivity index (χ0v) is 9.84. The lowest BCUT2D eigenvalue weighted by Gasteiger charge is -2.00. The molecule has 4 nitrogen and oxygen atoms in total. The van der Waals surface area contributed by atoms with Crippen molar-refractivity contribution in [1.82, 2.24) is 5.43 Å². The van der Waals surface area contributed by atoms with Gasteiger partial charge in [0.05, 0.1) is 0 Å².